The van der Waals surface area contributed by atoms with Crippen molar-refractivity contribution in [2.75, 3.05) is 26.2 Å². The number of carbonyl (C=O) groups excluding carboxylic acids is 2. The molecule has 104 valence electrons. The molecule has 1 aliphatic rings. The number of urea groups is 1. The number of hydrogen-bond acceptors (Lipinski definition) is 3. The summed E-state index contributed by atoms with van der Waals surface area (Å²) < 4.78 is 5.07. The first kappa shape index (κ1) is 14.6. The minimum absolute atomic E-state index is 0.0570. The van der Waals surface area contributed by atoms with Gasteiger partial charge in [-0.2, -0.15) is 0 Å². The molecule has 1 aliphatic heterocycles. The Kier molecular flexibility index (Phi) is 5.25. The van der Waals surface area contributed by atoms with Crippen LogP contribution in [-0.4, -0.2) is 48.8 Å². The molecule has 0 spiro atoms. The molecule has 0 aromatic rings. The third-order valence-electron chi connectivity index (χ3n) is 2.46. The molecule has 2 N–H and O–H groups in total. The Balaban J connectivity index is 2.07. The Bertz CT molecular complexity index is 293. The zero-order valence-corrected chi connectivity index (χ0v) is 11.4. The Hall–Kier alpha value is -1.46. The van der Waals surface area contributed by atoms with Crippen LogP contribution in [0.2, 0.25) is 0 Å². The fourth-order valence-electron chi connectivity index (χ4n) is 1.68. The topological polar surface area (TPSA) is 70.7 Å². The van der Waals surface area contributed by atoms with E-state index in [0.29, 0.717) is 13.1 Å². The summed E-state index contributed by atoms with van der Waals surface area (Å²) in [4.78, 5) is 24.7. The highest BCUT2D eigenvalue weighted by molar-refractivity contribution is 5.74. The highest BCUT2D eigenvalue weighted by atomic mass is 16.6. The van der Waals surface area contributed by atoms with Gasteiger partial charge in [0.05, 0.1) is 0 Å². The van der Waals surface area contributed by atoms with Crippen molar-refractivity contribution < 1.29 is 14.3 Å². The van der Waals surface area contributed by atoms with Crippen LogP contribution in [0.15, 0.2) is 0 Å². The molecule has 0 atom stereocenters. The molecule has 18 heavy (non-hydrogen) atoms. The molecular weight excluding hydrogens is 234 g/mol. The number of nitrogens with zero attached hydrogens (tertiary/aromatic N) is 1. The van der Waals surface area contributed by atoms with E-state index < -0.39 is 11.7 Å². The molecular formula is C12H23N3O3. The number of rotatable bonds is 3. The summed E-state index contributed by atoms with van der Waals surface area (Å²) >= 11 is 0. The number of likely N-dealkylation sites (tertiary alicyclic amines) is 1. The summed E-state index contributed by atoms with van der Waals surface area (Å²) in [5.41, 5.74) is -0.497. The number of alkyl carbamates (subject to hydrolysis) is 1. The quantitative estimate of drug-likeness (QED) is 0.749. The van der Waals surface area contributed by atoms with Crippen LogP contribution in [0.4, 0.5) is 9.59 Å². The number of hydrogen-bond donors (Lipinski definition) is 2. The molecule has 0 bridgehead atoms. The van der Waals surface area contributed by atoms with Crippen LogP contribution in [0.1, 0.15) is 33.6 Å². The molecule has 0 aromatic carbocycles. The summed E-state index contributed by atoms with van der Waals surface area (Å²) in [6.45, 7) is 7.85. The van der Waals surface area contributed by atoms with Crippen molar-refractivity contribution >= 4 is 12.1 Å². The van der Waals surface area contributed by atoms with Gasteiger partial charge in [0.25, 0.3) is 0 Å². The van der Waals surface area contributed by atoms with Crippen molar-refractivity contribution in [1.82, 2.24) is 15.5 Å². The average molecular weight is 257 g/mol. The lowest BCUT2D eigenvalue weighted by molar-refractivity contribution is 0.0528. The number of amides is 3. The van der Waals surface area contributed by atoms with Crippen LogP contribution in [-0.2, 0) is 4.74 Å². The first-order chi connectivity index (χ1) is 8.38. The summed E-state index contributed by atoms with van der Waals surface area (Å²) in [7, 11) is 0. The van der Waals surface area contributed by atoms with Gasteiger partial charge in [0.1, 0.15) is 5.60 Å². The standard InChI is InChI=1S/C12H23N3O3/c1-12(2,3)18-11(17)14-7-6-13-10(16)15-8-4-5-9-15/h4-9H2,1-3H3,(H,13,16)(H,14,17). The molecule has 0 aromatic heterocycles. The van der Waals surface area contributed by atoms with E-state index in [1.165, 1.54) is 0 Å². The van der Waals surface area contributed by atoms with Crippen molar-refractivity contribution in [2.45, 2.75) is 39.2 Å². The van der Waals surface area contributed by atoms with Crippen molar-refractivity contribution in [3.63, 3.8) is 0 Å². The summed E-state index contributed by atoms with van der Waals surface area (Å²) in [5, 5.41) is 5.35. The molecule has 1 rings (SSSR count). The van der Waals surface area contributed by atoms with Crippen molar-refractivity contribution in [1.29, 1.82) is 0 Å². The van der Waals surface area contributed by atoms with Gasteiger partial charge in [0, 0.05) is 26.2 Å². The van der Waals surface area contributed by atoms with E-state index in [0.717, 1.165) is 25.9 Å². The molecule has 1 heterocycles. The Labute approximate surface area is 108 Å². The smallest absolute Gasteiger partial charge is 0.407 e. The maximum atomic E-state index is 11.6. The van der Waals surface area contributed by atoms with Crippen LogP contribution < -0.4 is 10.6 Å². The molecule has 0 aliphatic carbocycles. The van der Waals surface area contributed by atoms with E-state index in [1.807, 2.05) is 20.8 Å². The van der Waals surface area contributed by atoms with Gasteiger partial charge in [0.15, 0.2) is 0 Å². The SMILES string of the molecule is CC(C)(C)OC(=O)NCCNC(=O)N1CCCC1. The fraction of sp³-hybridized carbons (Fsp3) is 0.833. The van der Waals surface area contributed by atoms with Gasteiger partial charge in [0.2, 0.25) is 0 Å². The molecule has 0 saturated carbocycles. The number of carbonyl (C=O) groups is 2. The predicted molar refractivity (Wildman–Crippen MR) is 68.4 cm³/mol. The van der Waals surface area contributed by atoms with Crippen LogP contribution >= 0.6 is 0 Å². The van der Waals surface area contributed by atoms with Crippen LogP contribution in [0.5, 0.6) is 0 Å². The van der Waals surface area contributed by atoms with Gasteiger partial charge >= 0.3 is 12.1 Å². The highest BCUT2D eigenvalue weighted by Crippen LogP contribution is 2.07. The molecule has 1 fully saturated rings. The van der Waals surface area contributed by atoms with Gasteiger partial charge < -0.3 is 20.3 Å². The summed E-state index contributed by atoms with van der Waals surface area (Å²) in [6.07, 6.45) is 1.69. The lowest BCUT2D eigenvalue weighted by atomic mass is 10.2. The van der Waals surface area contributed by atoms with Crippen molar-refractivity contribution in [3.8, 4) is 0 Å². The van der Waals surface area contributed by atoms with Gasteiger partial charge in [-0.25, -0.2) is 9.59 Å². The molecule has 1 saturated heterocycles. The third-order valence-corrected chi connectivity index (χ3v) is 2.46. The fourth-order valence-corrected chi connectivity index (χ4v) is 1.68. The van der Waals surface area contributed by atoms with E-state index in [-0.39, 0.29) is 6.03 Å². The lowest BCUT2D eigenvalue weighted by Crippen LogP contribution is -2.42. The van der Waals surface area contributed by atoms with Gasteiger partial charge in [-0.15, -0.1) is 0 Å². The second-order valence-corrected chi connectivity index (χ2v) is 5.35. The molecule has 6 heteroatoms. The number of nitrogens with one attached hydrogen (secondary N) is 2. The van der Waals surface area contributed by atoms with E-state index >= 15 is 0 Å². The predicted octanol–water partition coefficient (Wildman–Crippen LogP) is 1.32. The van der Waals surface area contributed by atoms with E-state index in [9.17, 15) is 9.59 Å². The average Bonchev–Trinajstić information content (AvgIpc) is 2.74. The lowest BCUT2D eigenvalue weighted by Gasteiger charge is -2.20. The molecule has 0 radical (unpaired) electrons. The maximum Gasteiger partial charge on any atom is 0.407 e. The maximum absolute atomic E-state index is 11.6. The first-order valence-electron chi connectivity index (χ1n) is 6.38. The Morgan fingerprint density at radius 3 is 2.22 bits per heavy atom. The normalized spacial score (nSPS) is 15.4. The molecule has 0 unspecified atom stereocenters. The first-order valence-corrected chi connectivity index (χ1v) is 6.38. The van der Waals surface area contributed by atoms with Gasteiger partial charge in [-0.3, -0.25) is 0 Å². The van der Waals surface area contributed by atoms with Crippen LogP contribution in [0, 0.1) is 0 Å². The Morgan fingerprint density at radius 1 is 1.11 bits per heavy atom. The molecule has 6 nitrogen and oxygen atoms in total. The van der Waals surface area contributed by atoms with E-state index in [2.05, 4.69) is 10.6 Å². The zero-order valence-electron chi connectivity index (χ0n) is 11.4. The number of ether oxygens (including phenoxy) is 1. The summed E-state index contributed by atoms with van der Waals surface area (Å²) in [5.74, 6) is 0. The second kappa shape index (κ2) is 6.47. The van der Waals surface area contributed by atoms with Crippen molar-refractivity contribution in [3.05, 3.63) is 0 Å². The van der Waals surface area contributed by atoms with Crippen molar-refractivity contribution in [2.24, 2.45) is 0 Å². The minimum Gasteiger partial charge on any atom is -0.444 e. The van der Waals surface area contributed by atoms with Crippen LogP contribution in [0.25, 0.3) is 0 Å². The van der Waals surface area contributed by atoms with Gasteiger partial charge in [-0.05, 0) is 33.6 Å². The highest BCUT2D eigenvalue weighted by Gasteiger charge is 2.18. The second-order valence-electron chi connectivity index (χ2n) is 5.35. The van der Waals surface area contributed by atoms with E-state index in [1.54, 1.807) is 4.90 Å². The largest absolute Gasteiger partial charge is 0.444 e. The summed E-state index contributed by atoms with van der Waals surface area (Å²) in [6, 6.07) is -0.0570. The monoisotopic (exact) mass is 257 g/mol. The molecule has 3 amide bonds. The van der Waals surface area contributed by atoms with Gasteiger partial charge in [-0.1, -0.05) is 0 Å². The third kappa shape index (κ3) is 5.75. The minimum atomic E-state index is -0.497. The van der Waals surface area contributed by atoms with E-state index in [4.69, 9.17) is 4.74 Å². The zero-order chi connectivity index (χ0) is 13.6. The van der Waals surface area contributed by atoms with Crippen LogP contribution in [0.3, 0.4) is 0 Å². The Morgan fingerprint density at radius 2 is 1.67 bits per heavy atom.